The third kappa shape index (κ3) is 3.36. The lowest BCUT2D eigenvalue weighted by Crippen LogP contribution is -2.17. The van der Waals surface area contributed by atoms with E-state index in [1.54, 1.807) is 24.5 Å². The highest BCUT2D eigenvalue weighted by Gasteiger charge is 2.13. The molecule has 4 rings (SSSR count). The molecule has 2 aromatic heterocycles. The molecule has 2 aromatic carbocycles. The minimum absolute atomic E-state index is 0.0465. The van der Waals surface area contributed by atoms with Gasteiger partial charge in [-0.05, 0) is 12.1 Å². The number of fused-ring (bicyclic) bond motifs is 1. The van der Waals surface area contributed by atoms with Crippen molar-refractivity contribution in [3.8, 4) is 11.3 Å². The highest BCUT2D eigenvalue weighted by atomic mass is 16.6. The van der Waals surface area contributed by atoms with Crippen molar-refractivity contribution in [2.75, 3.05) is 0 Å². The number of rotatable bonds is 5. The number of hydrogen-bond donors (Lipinski definition) is 3. The first-order valence-electron chi connectivity index (χ1n) is 8.31. The Morgan fingerprint density at radius 1 is 1.18 bits per heavy atom. The molecule has 28 heavy (non-hydrogen) atoms. The molecule has 0 radical (unpaired) electrons. The number of aromatic nitrogens is 3. The lowest BCUT2D eigenvalue weighted by Gasteiger charge is -1.96. The fourth-order valence-electron chi connectivity index (χ4n) is 2.79. The first kappa shape index (κ1) is 17.2. The minimum atomic E-state index is -0.483. The third-order valence-corrected chi connectivity index (χ3v) is 4.17. The number of non-ortho nitro benzene ring substituents is 1. The third-order valence-electron chi connectivity index (χ3n) is 4.17. The van der Waals surface area contributed by atoms with Crippen LogP contribution >= 0.6 is 0 Å². The summed E-state index contributed by atoms with van der Waals surface area (Å²) in [5.74, 6) is -0.472. The number of hydrazone groups is 1. The second kappa shape index (κ2) is 7.16. The molecule has 9 nitrogen and oxygen atoms in total. The number of hydrogen-bond acceptors (Lipinski definition) is 5. The van der Waals surface area contributed by atoms with Gasteiger partial charge >= 0.3 is 0 Å². The van der Waals surface area contributed by atoms with Crippen LogP contribution in [0.2, 0.25) is 0 Å². The molecule has 0 spiro atoms. The first-order valence-corrected chi connectivity index (χ1v) is 8.31. The minimum Gasteiger partial charge on any atom is -0.361 e. The largest absolute Gasteiger partial charge is 0.361 e. The van der Waals surface area contributed by atoms with Crippen LogP contribution < -0.4 is 5.43 Å². The fraction of sp³-hybridized carbons (Fsp3) is 0. The Hall–Kier alpha value is -4.27. The zero-order valence-corrected chi connectivity index (χ0v) is 14.4. The standard InChI is InChI=1S/C19H14N6O3/c26-19(24-21-11-13-10-20-16-7-2-1-6-15(13)16)18-9-17(22-23-18)12-4-3-5-14(8-12)25(27)28/h1-11,20H,(H,22,23)(H,24,26)/b21-11+. The van der Waals surface area contributed by atoms with E-state index in [1.165, 1.54) is 18.2 Å². The van der Waals surface area contributed by atoms with Crippen molar-refractivity contribution in [1.29, 1.82) is 0 Å². The summed E-state index contributed by atoms with van der Waals surface area (Å²) < 4.78 is 0. The maximum atomic E-state index is 12.2. The lowest BCUT2D eigenvalue weighted by molar-refractivity contribution is -0.384. The number of carbonyl (C=O) groups excluding carboxylic acids is 1. The average molecular weight is 374 g/mol. The van der Waals surface area contributed by atoms with Gasteiger partial charge in [-0.25, -0.2) is 5.43 Å². The summed E-state index contributed by atoms with van der Waals surface area (Å²) in [5.41, 5.74) is 5.36. The van der Waals surface area contributed by atoms with Gasteiger partial charge in [-0.2, -0.15) is 10.2 Å². The van der Waals surface area contributed by atoms with E-state index in [0.29, 0.717) is 11.3 Å². The van der Waals surface area contributed by atoms with Crippen LogP contribution in [0.3, 0.4) is 0 Å². The molecule has 0 saturated heterocycles. The fourth-order valence-corrected chi connectivity index (χ4v) is 2.79. The average Bonchev–Trinajstić information content (AvgIpc) is 3.36. The second-order valence-corrected chi connectivity index (χ2v) is 5.96. The number of nitrogens with one attached hydrogen (secondary N) is 3. The Bertz CT molecular complexity index is 1210. The summed E-state index contributed by atoms with van der Waals surface area (Å²) in [6.07, 6.45) is 3.35. The maximum absolute atomic E-state index is 12.2. The molecule has 0 aliphatic heterocycles. The Balaban J connectivity index is 1.47. The summed E-state index contributed by atoms with van der Waals surface area (Å²) in [6.45, 7) is 0. The van der Waals surface area contributed by atoms with Crippen LogP contribution in [-0.2, 0) is 0 Å². The SMILES string of the molecule is O=C(N/N=C/c1c[nH]c2ccccc12)c1cc(-c2cccc([N+](=O)[O-])c2)n[nH]1. The number of amides is 1. The predicted molar refractivity (Wildman–Crippen MR) is 104 cm³/mol. The van der Waals surface area contributed by atoms with E-state index in [1.807, 2.05) is 24.3 Å². The number of H-pyrrole nitrogens is 2. The van der Waals surface area contributed by atoms with Crippen molar-refractivity contribution in [3.05, 3.63) is 82.2 Å². The quantitative estimate of drug-likeness (QED) is 0.281. The van der Waals surface area contributed by atoms with E-state index in [9.17, 15) is 14.9 Å². The Labute approximate surface area is 158 Å². The molecule has 0 saturated carbocycles. The van der Waals surface area contributed by atoms with Gasteiger partial charge in [-0.15, -0.1) is 0 Å². The summed E-state index contributed by atoms with van der Waals surface area (Å²) in [7, 11) is 0. The van der Waals surface area contributed by atoms with Gasteiger partial charge in [0, 0.05) is 40.4 Å². The van der Waals surface area contributed by atoms with Crippen molar-refractivity contribution in [2.24, 2.45) is 5.10 Å². The number of nitro benzene ring substituents is 1. The number of nitrogens with zero attached hydrogens (tertiary/aromatic N) is 3. The van der Waals surface area contributed by atoms with Crippen LogP contribution in [-0.4, -0.2) is 32.2 Å². The van der Waals surface area contributed by atoms with Crippen molar-refractivity contribution in [3.63, 3.8) is 0 Å². The zero-order valence-electron chi connectivity index (χ0n) is 14.4. The van der Waals surface area contributed by atoms with E-state index < -0.39 is 10.8 Å². The molecule has 0 bridgehead atoms. The van der Waals surface area contributed by atoms with E-state index in [4.69, 9.17) is 0 Å². The molecule has 0 atom stereocenters. The van der Waals surface area contributed by atoms with Crippen molar-refractivity contribution < 1.29 is 9.72 Å². The lowest BCUT2D eigenvalue weighted by atomic mass is 10.1. The highest BCUT2D eigenvalue weighted by Crippen LogP contribution is 2.22. The smallest absolute Gasteiger partial charge is 0.289 e. The molecule has 0 unspecified atom stereocenters. The maximum Gasteiger partial charge on any atom is 0.289 e. The molecule has 9 heteroatoms. The molecule has 3 N–H and O–H groups in total. The van der Waals surface area contributed by atoms with Crippen LogP contribution in [0.25, 0.3) is 22.2 Å². The van der Waals surface area contributed by atoms with Gasteiger partial charge in [0.2, 0.25) is 0 Å². The topological polar surface area (TPSA) is 129 Å². The molecule has 1 amide bonds. The van der Waals surface area contributed by atoms with Crippen LogP contribution in [0.4, 0.5) is 5.69 Å². The molecule has 0 aliphatic rings. The van der Waals surface area contributed by atoms with Gasteiger partial charge < -0.3 is 4.98 Å². The predicted octanol–water partition coefficient (Wildman–Crippen LogP) is 3.23. The molecule has 0 aliphatic carbocycles. The van der Waals surface area contributed by atoms with Gasteiger partial charge in [-0.1, -0.05) is 30.3 Å². The molecule has 0 fully saturated rings. The summed E-state index contributed by atoms with van der Waals surface area (Å²) in [6, 6.07) is 15.3. The van der Waals surface area contributed by atoms with E-state index in [2.05, 4.69) is 25.7 Å². The van der Waals surface area contributed by atoms with Crippen LogP contribution in [0, 0.1) is 10.1 Å². The molecule has 138 valence electrons. The first-order chi connectivity index (χ1) is 13.6. The Morgan fingerprint density at radius 3 is 2.89 bits per heavy atom. The summed E-state index contributed by atoms with van der Waals surface area (Å²) >= 11 is 0. The summed E-state index contributed by atoms with van der Waals surface area (Å²) in [4.78, 5) is 25.8. The van der Waals surface area contributed by atoms with Crippen molar-refractivity contribution in [2.45, 2.75) is 0 Å². The number of carbonyl (C=O) groups is 1. The van der Waals surface area contributed by atoms with Crippen LogP contribution in [0.1, 0.15) is 16.1 Å². The van der Waals surface area contributed by atoms with Crippen LogP contribution in [0.15, 0.2) is 65.9 Å². The van der Waals surface area contributed by atoms with Crippen LogP contribution in [0.5, 0.6) is 0 Å². The molecular formula is C19H14N6O3. The van der Waals surface area contributed by atoms with Gasteiger partial charge in [0.1, 0.15) is 5.69 Å². The van der Waals surface area contributed by atoms with Gasteiger partial charge in [0.05, 0.1) is 16.8 Å². The number of para-hydroxylation sites is 1. The van der Waals surface area contributed by atoms with Crippen molar-refractivity contribution in [1.82, 2.24) is 20.6 Å². The van der Waals surface area contributed by atoms with E-state index >= 15 is 0 Å². The van der Waals surface area contributed by atoms with Gasteiger partial charge in [0.15, 0.2) is 0 Å². The number of nitro groups is 1. The number of benzene rings is 2. The molecule has 2 heterocycles. The van der Waals surface area contributed by atoms with E-state index in [-0.39, 0.29) is 11.4 Å². The van der Waals surface area contributed by atoms with Gasteiger partial charge in [-0.3, -0.25) is 20.0 Å². The Kier molecular flexibility index (Phi) is 4.38. The van der Waals surface area contributed by atoms with Gasteiger partial charge in [0.25, 0.3) is 11.6 Å². The number of aromatic amines is 2. The highest BCUT2D eigenvalue weighted by molar-refractivity contribution is 6.00. The summed E-state index contributed by atoms with van der Waals surface area (Å²) in [5, 5.41) is 22.5. The molecular weight excluding hydrogens is 360 g/mol. The van der Waals surface area contributed by atoms with Crippen molar-refractivity contribution >= 4 is 28.7 Å². The Morgan fingerprint density at radius 2 is 2.04 bits per heavy atom. The normalized spacial score (nSPS) is 11.1. The second-order valence-electron chi connectivity index (χ2n) is 5.96. The van der Waals surface area contributed by atoms with E-state index in [0.717, 1.165) is 16.5 Å². The zero-order chi connectivity index (χ0) is 19.5. The monoisotopic (exact) mass is 374 g/mol. The molecule has 4 aromatic rings.